The fourth-order valence-electron chi connectivity index (χ4n) is 1.54. The number of thiophene rings is 1. The highest BCUT2D eigenvalue weighted by molar-refractivity contribution is 9.10. The van der Waals surface area contributed by atoms with Crippen LogP contribution >= 0.6 is 27.3 Å². The third-order valence-corrected chi connectivity index (χ3v) is 4.33. The van der Waals surface area contributed by atoms with Gasteiger partial charge in [-0.2, -0.15) is 0 Å². The van der Waals surface area contributed by atoms with Crippen LogP contribution in [0.15, 0.2) is 34.1 Å². The molecule has 98 valence electrons. The van der Waals surface area contributed by atoms with E-state index in [2.05, 4.69) is 21.2 Å². The van der Waals surface area contributed by atoms with Crippen LogP contribution in [0.1, 0.15) is 15.2 Å². The summed E-state index contributed by atoms with van der Waals surface area (Å²) in [5.41, 5.74) is 1.22. The molecule has 0 bridgehead atoms. The van der Waals surface area contributed by atoms with Crippen molar-refractivity contribution in [3.63, 3.8) is 0 Å². The lowest BCUT2D eigenvalue weighted by molar-refractivity contribution is -0.384. The maximum absolute atomic E-state index is 12.0. The minimum Gasteiger partial charge on any atom is -0.321 e. The number of nitrogens with zero attached hydrogens (tertiary/aromatic N) is 1. The normalized spacial score (nSPS) is 10.2. The van der Waals surface area contributed by atoms with Crippen molar-refractivity contribution in [2.24, 2.45) is 0 Å². The number of anilines is 1. The Balaban J connectivity index is 2.23. The topological polar surface area (TPSA) is 72.2 Å². The average molecular weight is 341 g/mol. The molecule has 1 amide bonds. The molecule has 0 saturated carbocycles. The van der Waals surface area contributed by atoms with Gasteiger partial charge in [0.2, 0.25) is 0 Å². The Morgan fingerprint density at radius 3 is 2.68 bits per heavy atom. The standard InChI is InChI=1S/C12H9BrN2O3S/c1-7-6-8(15(17)18)2-3-10(7)14-12(16)11-9(13)4-5-19-11/h2-6H,1H3,(H,14,16). The number of hydrogen-bond acceptors (Lipinski definition) is 4. The third-order valence-electron chi connectivity index (χ3n) is 2.49. The number of rotatable bonds is 3. The van der Waals surface area contributed by atoms with Crippen molar-refractivity contribution in [3.8, 4) is 0 Å². The zero-order valence-corrected chi connectivity index (χ0v) is 12.2. The predicted octanol–water partition coefficient (Wildman–Crippen LogP) is 3.98. The van der Waals surface area contributed by atoms with E-state index >= 15 is 0 Å². The molecule has 7 heteroatoms. The van der Waals surface area contributed by atoms with Crippen LogP contribution < -0.4 is 5.32 Å². The third kappa shape index (κ3) is 2.99. The smallest absolute Gasteiger partial charge is 0.269 e. The first kappa shape index (κ1) is 13.7. The number of hydrogen-bond donors (Lipinski definition) is 1. The highest BCUT2D eigenvalue weighted by atomic mass is 79.9. The number of nitrogens with one attached hydrogen (secondary N) is 1. The van der Waals surface area contributed by atoms with Gasteiger partial charge >= 0.3 is 0 Å². The molecule has 1 N–H and O–H groups in total. The van der Waals surface area contributed by atoms with Gasteiger partial charge in [-0.25, -0.2) is 0 Å². The van der Waals surface area contributed by atoms with Crippen LogP contribution in [-0.2, 0) is 0 Å². The molecule has 0 fully saturated rings. The summed E-state index contributed by atoms with van der Waals surface area (Å²) in [6.45, 7) is 1.71. The van der Waals surface area contributed by atoms with E-state index in [1.165, 1.54) is 29.5 Å². The molecule has 5 nitrogen and oxygen atoms in total. The van der Waals surface area contributed by atoms with Crippen LogP contribution in [0.5, 0.6) is 0 Å². The van der Waals surface area contributed by atoms with Crippen LogP contribution in [0.4, 0.5) is 11.4 Å². The molecule has 19 heavy (non-hydrogen) atoms. The Hall–Kier alpha value is -1.73. The van der Waals surface area contributed by atoms with Gasteiger partial charge in [0, 0.05) is 22.3 Å². The van der Waals surface area contributed by atoms with Gasteiger partial charge in [-0.1, -0.05) is 0 Å². The summed E-state index contributed by atoms with van der Waals surface area (Å²) < 4.78 is 0.731. The summed E-state index contributed by atoms with van der Waals surface area (Å²) in [7, 11) is 0. The molecular formula is C12H9BrN2O3S. The number of non-ortho nitro benzene ring substituents is 1. The highest BCUT2D eigenvalue weighted by Crippen LogP contribution is 2.26. The average Bonchev–Trinajstić information content (AvgIpc) is 2.77. The van der Waals surface area contributed by atoms with Gasteiger partial charge in [0.05, 0.1) is 4.92 Å². The van der Waals surface area contributed by atoms with Crippen molar-refractivity contribution < 1.29 is 9.72 Å². The van der Waals surface area contributed by atoms with Gasteiger partial charge in [0.15, 0.2) is 0 Å². The monoisotopic (exact) mass is 340 g/mol. The van der Waals surface area contributed by atoms with E-state index < -0.39 is 4.92 Å². The van der Waals surface area contributed by atoms with Gasteiger partial charge in [0.25, 0.3) is 11.6 Å². The van der Waals surface area contributed by atoms with Crippen molar-refractivity contribution >= 4 is 44.5 Å². The molecule has 0 aliphatic rings. The van der Waals surface area contributed by atoms with Gasteiger partial charge in [0.1, 0.15) is 4.88 Å². The van der Waals surface area contributed by atoms with Gasteiger partial charge < -0.3 is 5.32 Å². The molecule has 0 radical (unpaired) electrons. The number of amides is 1. The Kier molecular flexibility index (Phi) is 3.96. The minimum atomic E-state index is -0.464. The van der Waals surface area contributed by atoms with Crippen LogP contribution in [0.3, 0.4) is 0 Å². The Bertz CT molecular complexity index is 654. The summed E-state index contributed by atoms with van der Waals surface area (Å²) >= 11 is 4.61. The van der Waals surface area contributed by atoms with Gasteiger partial charge in [-0.3, -0.25) is 14.9 Å². The van der Waals surface area contributed by atoms with E-state index in [1.54, 1.807) is 13.0 Å². The molecule has 2 rings (SSSR count). The van der Waals surface area contributed by atoms with Crippen LogP contribution in [-0.4, -0.2) is 10.8 Å². The Morgan fingerprint density at radius 1 is 1.42 bits per heavy atom. The summed E-state index contributed by atoms with van der Waals surface area (Å²) in [5.74, 6) is -0.237. The number of carbonyl (C=O) groups excluding carboxylic acids is 1. The lowest BCUT2D eigenvalue weighted by atomic mass is 10.2. The number of benzene rings is 1. The van der Waals surface area contributed by atoms with Gasteiger partial charge in [-0.15, -0.1) is 11.3 Å². The summed E-state index contributed by atoms with van der Waals surface area (Å²) in [5, 5.41) is 15.2. The first-order valence-electron chi connectivity index (χ1n) is 5.28. The van der Waals surface area contributed by atoms with Crippen molar-refractivity contribution in [2.75, 3.05) is 5.32 Å². The molecule has 1 aromatic heterocycles. The first-order chi connectivity index (χ1) is 8.99. The number of carbonyl (C=O) groups is 1. The van der Waals surface area contributed by atoms with Crippen molar-refractivity contribution in [3.05, 3.63) is 54.7 Å². The number of nitro groups is 1. The largest absolute Gasteiger partial charge is 0.321 e. The molecule has 0 aliphatic carbocycles. The van der Waals surface area contributed by atoms with E-state index in [1.807, 2.05) is 5.38 Å². The number of aryl methyl sites for hydroxylation is 1. The second kappa shape index (κ2) is 5.50. The summed E-state index contributed by atoms with van der Waals surface area (Å²) in [4.78, 5) is 22.7. The van der Waals surface area contributed by atoms with Gasteiger partial charge in [-0.05, 0) is 45.9 Å². The maximum Gasteiger partial charge on any atom is 0.269 e. The maximum atomic E-state index is 12.0. The highest BCUT2D eigenvalue weighted by Gasteiger charge is 2.14. The molecule has 0 unspecified atom stereocenters. The molecular weight excluding hydrogens is 332 g/mol. The molecule has 1 heterocycles. The predicted molar refractivity (Wildman–Crippen MR) is 77.8 cm³/mol. The summed E-state index contributed by atoms with van der Waals surface area (Å²) in [6.07, 6.45) is 0. The lowest BCUT2D eigenvalue weighted by Crippen LogP contribution is -2.11. The molecule has 0 spiro atoms. The first-order valence-corrected chi connectivity index (χ1v) is 6.95. The Morgan fingerprint density at radius 2 is 2.16 bits per heavy atom. The van der Waals surface area contributed by atoms with E-state index in [9.17, 15) is 14.9 Å². The summed E-state index contributed by atoms with van der Waals surface area (Å²) in [6, 6.07) is 6.13. The van der Waals surface area contributed by atoms with Crippen molar-refractivity contribution in [2.45, 2.75) is 6.92 Å². The van der Waals surface area contributed by atoms with Crippen molar-refractivity contribution in [1.29, 1.82) is 0 Å². The second-order valence-corrected chi connectivity index (χ2v) is 5.58. The fraction of sp³-hybridized carbons (Fsp3) is 0.0833. The molecule has 0 aliphatic heterocycles. The molecule has 2 aromatic rings. The second-order valence-electron chi connectivity index (χ2n) is 3.81. The van der Waals surface area contributed by atoms with E-state index in [-0.39, 0.29) is 11.6 Å². The van der Waals surface area contributed by atoms with E-state index in [4.69, 9.17) is 0 Å². The van der Waals surface area contributed by atoms with E-state index in [0.29, 0.717) is 16.1 Å². The Labute approximate surface area is 121 Å². The SMILES string of the molecule is Cc1cc([N+](=O)[O-])ccc1NC(=O)c1sccc1Br. The number of halogens is 1. The van der Waals surface area contributed by atoms with Crippen molar-refractivity contribution in [1.82, 2.24) is 0 Å². The minimum absolute atomic E-state index is 0.00723. The lowest BCUT2D eigenvalue weighted by Gasteiger charge is -2.07. The molecule has 0 saturated heterocycles. The van der Waals surface area contributed by atoms with E-state index in [0.717, 1.165) is 4.47 Å². The van der Waals surface area contributed by atoms with Crippen LogP contribution in [0.25, 0.3) is 0 Å². The zero-order valence-electron chi connectivity index (χ0n) is 9.84. The molecule has 0 atom stereocenters. The molecule has 1 aromatic carbocycles. The number of nitro benzene ring substituents is 1. The fourth-order valence-corrected chi connectivity index (χ4v) is 2.98. The van der Waals surface area contributed by atoms with Crippen LogP contribution in [0, 0.1) is 17.0 Å². The zero-order chi connectivity index (χ0) is 14.0. The van der Waals surface area contributed by atoms with Crippen LogP contribution in [0.2, 0.25) is 0 Å². The quantitative estimate of drug-likeness (QED) is 0.678.